The molecule has 0 amide bonds. The maximum atomic E-state index is 12.6. The first-order chi connectivity index (χ1) is 6.73. The van der Waals surface area contributed by atoms with Gasteiger partial charge in [0.15, 0.2) is 0 Å². The Balaban J connectivity index is 2.51. The fraction of sp³-hybridized carbons (Fsp3) is 0.455. The average Bonchev–Trinajstić information content (AvgIpc) is 2.24. The van der Waals surface area contributed by atoms with Gasteiger partial charge in [-0.1, -0.05) is 18.2 Å². The van der Waals surface area contributed by atoms with Crippen LogP contribution in [0.25, 0.3) is 0 Å². The highest BCUT2D eigenvalue weighted by molar-refractivity contribution is 7.94. The van der Waals surface area contributed by atoms with Gasteiger partial charge >= 0.3 is 0 Å². The van der Waals surface area contributed by atoms with Crippen molar-refractivity contribution in [1.29, 1.82) is 0 Å². The van der Waals surface area contributed by atoms with E-state index in [1.165, 1.54) is 0 Å². The van der Waals surface area contributed by atoms with E-state index in [2.05, 4.69) is 4.36 Å². The molecule has 0 fully saturated rings. The van der Waals surface area contributed by atoms with Crippen molar-refractivity contribution in [2.75, 3.05) is 6.54 Å². The van der Waals surface area contributed by atoms with Crippen molar-refractivity contribution >= 4 is 9.73 Å². The van der Waals surface area contributed by atoms with Crippen LogP contribution in [0.3, 0.4) is 0 Å². The molecular weight excluding hydrogens is 194 g/mol. The molecule has 0 spiro atoms. The lowest BCUT2D eigenvalue weighted by Gasteiger charge is -2.21. The SMILES string of the molecule is C[C@@H]1CCCN=[S@@]1(=O)c1ccccc1. The van der Waals surface area contributed by atoms with Crippen LogP contribution in [-0.4, -0.2) is 16.0 Å². The maximum Gasteiger partial charge on any atom is 0.0778 e. The van der Waals surface area contributed by atoms with E-state index >= 15 is 0 Å². The van der Waals surface area contributed by atoms with Crippen molar-refractivity contribution in [3.05, 3.63) is 30.3 Å². The van der Waals surface area contributed by atoms with E-state index in [1.54, 1.807) is 0 Å². The molecule has 0 aromatic heterocycles. The van der Waals surface area contributed by atoms with Crippen LogP contribution in [0.1, 0.15) is 19.8 Å². The van der Waals surface area contributed by atoms with Crippen LogP contribution in [0.2, 0.25) is 0 Å². The topological polar surface area (TPSA) is 29.4 Å². The molecule has 0 N–H and O–H groups in total. The lowest BCUT2D eigenvalue weighted by molar-refractivity contribution is 0.629. The van der Waals surface area contributed by atoms with Crippen molar-refractivity contribution in [1.82, 2.24) is 0 Å². The van der Waals surface area contributed by atoms with Crippen LogP contribution in [-0.2, 0) is 9.73 Å². The predicted octanol–water partition coefficient (Wildman–Crippen LogP) is 2.70. The van der Waals surface area contributed by atoms with E-state index in [0.717, 1.165) is 24.3 Å². The van der Waals surface area contributed by atoms with Gasteiger partial charge in [0.1, 0.15) is 0 Å². The first kappa shape index (κ1) is 9.71. The Morgan fingerprint density at radius 2 is 2.07 bits per heavy atom. The molecular formula is C11H15NOS. The molecule has 0 bridgehead atoms. The summed E-state index contributed by atoms with van der Waals surface area (Å²) in [6, 6.07) is 9.65. The fourth-order valence-corrected chi connectivity index (χ4v) is 4.09. The van der Waals surface area contributed by atoms with Crippen molar-refractivity contribution in [2.24, 2.45) is 4.36 Å². The van der Waals surface area contributed by atoms with Gasteiger partial charge in [0.25, 0.3) is 0 Å². The van der Waals surface area contributed by atoms with Crippen molar-refractivity contribution in [3.63, 3.8) is 0 Å². The first-order valence-electron chi connectivity index (χ1n) is 5.00. The Hall–Kier alpha value is -0.830. The van der Waals surface area contributed by atoms with Gasteiger partial charge in [0.05, 0.1) is 9.73 Å². The summed E-state index contributed by atoms with van der Waals surface area (Å²) in [6.45, 7) is 2.79. The minimum atomic E-state index is -2.12. The van der Waals surface area contributed by atoms with E-state index in [0.29, 0.717) is 0 Å². The van der Waals surface area contributed by atoms with Gasteiger partial charge in [-0.05, 0) is 31.9 Å². The van der Waals surface area contributed by atoms with Gasteiger partial charge in [0, 0.05) is 16.7 Å². The molecule has 0 unspecified atom stereocenters. The summed E-state index contributed by atoms with van der Waals surface area (Å²) in [4.78, 5) is 0.896. The summed E-state index contributed by atoms with van der Waals surface area (Å²) in [5, 5.41) is 0.193. The highest BCUT2D eigenvalue weighted by atomic mass is 32.2. The van der Waals surface area contributed by atoms with Gasteiger partial charge in [-0.2, -0.15) is 0 Å². The van der Waals surface area contributed by atoms with Gasteiger partial charge < -0.3 is 0 Å². The minimum Gasteiger partial charge on any atom is -0.244 e. The molecule has 0 radical (unpaired) electrons. The molecule has 0 saturated carbocycles. The van der Waals surface area contributed by atoms with Crippen molar-refractivity contribution in [2.45, 2.75) is 29.9 Å². The summed E-state index contributed by atoms with van der Waals surface area (Å²) in [5.74, 6) is 0. The van der Waals surface area contributed by atoms with Crippen molar-refractivity contribution in [3.8, 4) is 0 Å². The second-order valence-electron chi connectivity index (χ2n) is 3.69. The zero-order chi connectivity index (χ0) is 10.0. The molecule has 3 heteroatoms. The van der Waals surface area contributed by atoms with Crippen LogP contribution < -0.4 is 0 Å². The van der Waals surface area contributed by atoms with Crippen LogP contribution in [0, 0.1) is 0 Å². The molecule has 2 nitrogen and oxygen atoms in total. The Bertz CT molecular complexity index is 418. The standard InChI is InChI=1S/C11H15NOS/c1-10-6-5-9-12-14(10,13)11-7-3-2-4-8-11/h2-4,7-8,10H,5-6,9H2,1H3/t10-,14+/m1/s1. The maximum absolute atomic E-state index is 12.6. The fourth-order valence-electron chi connectivity index (χ4n) is 1.79. The van der Waals surface area contributed by atoms with Gasteiger partial charge in [-0.15, -0.1) is 0 Å². The summed E-state index contributed by atoms with van der Waals surface area (Å²) >= 11 is 0. The number of nitrogens with zero attached hydrogens (tertiary/aromatic N) is 1. The molecule has 1 aromatic rings. The third-order valence-electron chi connectivity index (χ3n) is 2.68. The average molecular weight is 209 g/mol. The van der Waals surface area contributed by atoms with E-state index in [4.69, 9.17) is 0 Å². The second kappa shape index (κ2) is 3.73. The molecule has 1 heterocycles. The van der Waals surface area contributed by atoms with E-state index in [1.807, 2.05) is 37.3 Å². The van der Waals surface area contributed by atoms with E-state index in [-0.39, 0.29) is 5.25 Å². The van der Waals surface area contributed by atoms with Gasteiger partial charge in [-0.3, -0.25) is 0 Å². The summed E-state index contributed by atoms with van der Waals surface area (Å²) in [6.07, 6.45) is 2.10. The lowest BCUT2D eigenvalue weighted by Crippen LogP contribution is -2.22. The Morgan fingerprint density at radius 3 is 2.71 bits per heavy atom. The molecule has 1 aliphatic heterocycles. The summed E-state index contributed by atoms with van der Waals surface area (Å²) < 4.78 is 16.9. The predicted molar refractivity (Wildman–Crippen MR) is 58.8 cm³/mol. The molecule has 0 saturated heterocycles. The highest BCUT2D eigenvalue weighted by Crippen LogP contribution is 2.25. The third kappa shape index (κ3) is 1.57. The summed E-state index contributed by atoms with van der Waals surface area (Å²) in [5.41, 5.74) is 0. The minimum absolute atomic E-state index is 0.193. The molecule has 76 valence electrons. The monoisotopic (exact) mass is 209 g/mol. The number of benzene rings is 1. The van der Waals surface area contributed by atoms with Crippen LogP contribution in [0.4, 0.5) is 0 Å². The van der Waals surface area contributed by atoms with Crippen LogP contribution in [0.5, 0.6) is 0 Å². The number of rotatable bonds is 1. The molecule has 2 atom stereocenters. The largest absolute Gasteiger partial charge is 0.244 e. The number of hydrogen-bond acceptors (Lipinski definition) is 2. The summed E-state index contributed by atoms with van der Waals surface area (Å²) in [7, 11) is -2.12. The Labute approximate surface area is 85.5 Å². The highest BCUT2D eigenvalue weighted by Gasteiger charge is 2.23. The molecule has 1 aliphatic rings. The van der Waals surface area contributed by atoms with Gasteiger partial charge in [0.2, 0.25) is 0 Å². The quantitative estimate of drug-likeness (QED) is 0.699. The molecule has 2 rings (SSSR count). The zero-order valence-corrected chi connectivity index (χ0v) is 9.17. The van der Waals surface area contributed by atoms with Crippen LogP contribution in [0.15, 0.2) is 39.6 Å². The normalized spacial score (nSPS) is 32.2. The molecule has 0 aliphatic carbocycles. The second-order valence-corrected chi connectivity index (χ2v) is 6.36. The van der Waals surface area contributed by atoms with E-state index in [9.17, 15) is 4.21 Å². The van der Waals surface area contributed by atoms with Crippen LogP contribution >= 0.6 is 0 Å². The Kier molecular flexibility index (Phi) is 2.59. The van der Waals surface area contributed by atoms with Gasteiger partial charge in [-0.25, -0.2) is 8.57 Å². The number of hydrogen-bond donors (Lipinski definition) is 0. The lowest BCUT2D eigenvalue weighted by atomic mass is 10.2. The van der Waals surface area contributed by atoms with E-state index < -0.39 is 9.73 Å². The van der Waals surface area contributed by atoms with Crippen molar-refractivity contribution < 1.29 is 4.21 Å². The molecule has 1 aromatic carbocycles. The smallest absolute Gasteiger partial charge is 0.0778 e. The Morgan fingerprint density at radius 1 is 1.36 bits per heavy atom. The molecule has 14 heavy (non-hydrogen) atoms. The zero-order valence-electron chi connectivity index (χ0n) is 8.35. The third-order valence-corrected chi connectivity index (χ3v) is 5.52. The first-order valence-corrected chi connectivity index (χ1v) is 6.58.